The predicted molar refractivity (Wildman–Crippen MR) is 72.8 cm³/mol. The first-order chi connectivity index (χ1) is 9.11. The number of carbonyl (C=O) groups is 1. The van der Waals surface area contributed by atoms with Crippen molar-refractivity contribution in [3.8, 4) is 0 Å². The third-order valence-electron chi connectivity index (χ3n) is 3.41. The molecule has 1 unspecified atom stereocenters. The van der Waals surface area contributed by atoms with Gasteiger partial charge in [-0.2, -0.15) is 0 Å². The molecule has 0 bridgehead atoms. The normalized spacial score (nSPS) is 19.5. The lowest BCUT2D eigenvalue weighted by Gasteiger charge is -2.33. The van der Waals surface area contributed by atoms with Crippen molar-refractivity contribution in [3.05, 3.63) is 23.4 Å². The van der Waals surface area contributed by atoms with Crippen molar-refractivity contribution in [3.63, 3.8) is 0 Å². The Morgan fingerprint density at radius 1 is 1.58 bits per heavy atom. The number of rotatable bonds is 4. The Balaban J connectivity index is 2.13. The highest BCUT2D eigenvalue weighted by Gasteiger charge is 2.21. The predicted octanol–water partition coefficient (Wildman–Crippen LogP) is 2.09. The van der Waals surface area contributed by atoms with Crippen LogP contribution in [0.2, 0.25) is 0 Å². The number of aromatic nitrogens is 1. The number of anilines is 1. The van der Waals surface area contributed by atoms with Gasteiger partial charge < -0.3 is 14.7 Å². The minimum absolute atomic E-state index is 0.250. The van der Waals surface area contributed by atoms with Gasteiger partial charge in [-0.25, -0.2) is 9.78 Å². The summed E-state index contributed by atoms with van der Waals surface area (Å²) in [5.74, 6) is -0.0886. The molecule has 5 heteroatoms. The fourth-order valence-corrected chi connectivity index (χ4v) is 2.47. The van der Waals surface area contributed by atoms with Crippen LogP contribution in [0, 0.1) is 6.92 Å². The van der Waals surface area contributed by atoms with E-state index in [9.17, 15) is 4.79 Å². The second kappa shape index (κ2) is 6.02. The quantitative estimate of drug-likeness (QED) is 0.902. The van der Waals surface area contributed by atoms with Crippen LogP contribution in [0.3, 0.4) is 0 Å². The van der Waals surface area contributed by atoms with Gasteiger partial charge >= 0.3 is 5.97 Å². The summed E-state index contributed by atoms with van der Waals surface area (Å²) in [5, 5.41) is 9.01. The molecule has 2 rings (SSSR count). The van der Waals surface area contributed by atoms with Crippen molar-refractivity contribution in [2.45, 2.75) is 32.8 Å². The van der Waals surface area contributed by atoms with E-state index < -0.39 is 5.97 Å². The summed E-state index contributed by atoms with van der Waals surface area (Å²) >= 11 is 0. The van der Waals surface area contributed by atoms with E-state index >= 15 is 0 Å². The molecule has 0 spiro atoms. The Labute approximate surface area is 113 Å². The van der Waals surface area contributed by atoms with Gasteiger partial charge in [-0.3, -0.25) is 0 Å². The number of ether oxygens (including phenoxy) is 1. The summed E-state index contributed by atoms with van der Waals surface area (Å²) in [6.07, 6.45) is 2.41. The molecule has 1 aliphatic rings. The highest BCUT2D eigenvalue weighted by atomic mass is 16.5. The molecule has 104 valence electrons. The lowest BCUT2D eigenvalue weighted by atomic mass is 10.1. The molecule has 2 heterocycles. The minimum Gasteiger partial charge on any atom is -0.478 e. The molecule has 0 radical (unpaired) electrons. The van der Waals surface area contributed by atoms with Crippen molar-refractivity contribution in [1.29, 1.82) is 0 Å². The Bertz CT molecular complexity index is 460. The number of hydrogen-bond donors (Lipinski definition) is 1. The van der Waals surface area contributed by atoms with Crippen LogP contribution in [-0.4, -0.2) is 41.9 Å². The van der Waals surface area contributed by atoms with Crippen LogP contribution in [0.5, 0.6) is 0 Å². The fourth-order valence-electron chi connectivity index (χ4n) is 2.47. The van der Waals surface area contributed by atoms with Gasteiger partial charge in [0.1, 0.15) is 5.82 Å². The summed E-state index contributed by atoms with van der Waals surface area (Å²) in [6.45, 7) is 6.23. The van der Waals surface area contributed by atoms with Crippen LogP contribution < -0.4 is 4.90 Å². The Morgan fingerprint density at radius 3 is 3.00 bits per heavy atom. The van der Waals surface area contributed by atoms with Crippen LogP contribution in [-0.2, 0) is 4.74 Å². The van der Waals surface area contributed by atoms with Gasteiger partial charge in [0.15, 0.2) is 0 Å². The van der Waals surface area contributed by atoms with Gasteiger partial charge in [-0.1, -0.05) is 0 Å². The van der Waals surface area contributed by atoms with Crippen LogP contribution in [0.4, 0.5) is 5.82 Å². The van der Waals surface area contributed by atoms with Gasteiger partial charge in [-0.05, 0) is 38.8 Å². The van der Waals surface area contributed by atoms with Crippen molar-refractivity contribution >= 4 is 11.8 Å². The van der Waals surface area contributed by atoms with E-state index in [1.165, 1.54) is 0 Å². The zero-order chi connectivity index (χ0) is 13.8. The Hall–Kier alpha value is -1.62. The second-order valence-corrected chi connectivity index (χ2v) is 4.77. The molecule has 1 fully saturated rings. The Kier molecular flexibility index (Phi) is 4.37. The van der Waals surface area contributed by atoms with Crippen molar-refractivity contribution < 1.29 is 14.6 Å². The molecule has 1 saturated heterocycles. The fraction of sp³-hybridized carbons (Fsp3) is 0.571. The van der Waals surface area contributed by atoms with Crippen LogP contribution in [0.15, 0.2) is 12.1 Å². The molecule has 0 aromatic carbocycles. The van der Waals surface area contributed by atoms with Crippen LogP contribution in [0.1, 0.15) is 35.8 Å². The number of carboxylic acid groups (broad SMARTS) is 1. The van der Waals surface area contributed by atoms with Gasteiger partial charge in [0.2, 0.25) is 0 Å². The number of hydrogen-bond acceptors (Lipinski definition) is 4. The third-order valence-corrected chi connectivity index (χ3v) is 3.41. The smallest absolute Gasteiger partial charge is 0.337 e. The molecule has 0 aliphatic carbocycles. The molecule has 0 amide bonds. The monoisotopic (exact) mass is 264 g/mol. The standard InChI is InChI=1S/C14H20N2O3/c1-3-19-11-5-4-8-16(9-11)13-7-6-12(14(17)18)10(2)15-13/h6-7,11H,3-5,8-9H2,1-2H3,(H,17,18). The number of piperidine rings is 1. The molecule has 1 aromatic rings. The maximum Gasteiger partial charge on any atom is 0.337 e. The number of pyridine rings is 1. The molecule has 1 aliphatic heterocycles. The maximum absolute atomic E-state index is 11.0. The van der Waals surface area contributed by atoms with E-state index in [0.29, 0.717) is 5.69 Å². The summed E-state index contributed by atoms with van der Waals surface area (Å²) in [5.41, 5.74) is 0.825. The lowest BCUT2D eigenvalue weighted by molar-refractivity contribution is 0.0525. The van der Waals surface area contributed by atoms with Gasteiger partial charge in [0.05, 0.1) is 17.4 Å². The zero-order valence-electron chi connectivity index (χ0n) is 11.4. The minimum atomic E-state index is -0.928. The van der Waals surface area contributed by atoms with E-state index in [-0.39, 0.29) is 11.7 Å². The Morgan fingerprint density at radius 2 is 2.37 bits per heavy atom. The molecular weight excluding hydrogens is 244 g/mol. The topological polar surface area (TPSA) is 62.7 Å². The van der Waals surface area contributed by atoms with Crippen molar-refractivity contribution in [2.75, 3.05) is 24.6 Å². The molecule has 19 heavy (non-hydrogen) atoms. The van der Waals surface area contributed by atoms with Crippen LogP contribution in [0.25, 0.3) is 0 Å². The zero-order valence-corrected chi connectivity index (χ0v) is 11.4. The van der Waals surface area contributed by atoms with Crippen molar-refractivity contribution in [2.24, 2.45) is 0 Å². The van der Waals surface area contributed by atoms with E-state index in [2.05, 4.69) is 9.88 Å². The number of aromatic carboxylic acids is 1. The van der Waals surface area contributed by atoms with E-state index in [1.54, 1.807) is 19.1 Å². The van der Waals surface area contributed by atoms with Gasteiger partial charge in [0.25, 0.3) is 0 Å². The molecular formula is C14H20N2O3. The summed E-state index contributed by atoms with van der Waals surface area (Å²) < 4.78 is 5.66. The molecule has 0 saturated carbocycles. The van der Waals surface area contributed by atoms with Crippen molar-refractivity contribution in [1.82, 2.24) is 4.98 Å². The summed E-state index contributed by atoms with van der Waals surface area (Å²) in [7, 11) is 0. The summed E-state index contributed by atoms with van der Waals surface area (Å²) in [6, 6.07) is 3.41. The molecule has 1 atom stereocenters. The highest BCUT2D eigenvalue weighted by Crippen LogP contribution is 2.21. The summed E-state index contributed by atoms with van der Waals surface area (Å²) in [4.78, 5) is 17.5. The first-order valence-corrected chi connectivity index (χ1v) is 6.69. The first-order valence-electron chi connectivity index (χ1n) is 6.69. The number of carboxylic acids is 1. The average Bonchev–Trinajstić information content (AvgIpc) is 2.39. The number of aryl methyl sites for hydroxylation is 1. The largest absolute Gasteiger partial charge is 0.478 e. The highest BCUT2D eigenvalue weighted by molar-refractivity contribution is 5.89. The molecule has 5 nitrogen and oxygen atoms in total. The SMILES string of the molecule is CCOC1CCCN(c2ccc(C(=O)O)c(C)n2)C1. The van der Waals surface area contributed by atoms with Crippen LogP contribution >= 0.6 is 0 Å². The lowest BCUT2D eigenvalue weighted by Crippen LogP contribution is -2.40. The second-order valence-electron chi connectivity index (χ2n) is 4.77. The third kappa shape index (κ3) is 3.23. The maximum atomic E-state index is 11.0. The first kappa shape index (κ1) is 13.8. The van der Waals surface area contributed by atoms with Gasteiger partial charge in [-0.15, -0.1) is 0 Å². The van der Waals surface area contributed by atoms with E-state index in [1.807, 2.05) is 6.92 Å². The van der Waals surface area contributed by atoms with E-state index in [4.69, 9.17) is 9.84 Å². The molecule has 1 N–H and O–H groups in total. The molecule has 1 aromatic heterocycles. The number of nitrogens with zero attached hydrogens (tertiary/aromatic N) is 2. The van der Waals surface area contributed by atoms with E-state index in [0.717, 1.165) is 38.4 Å². The average molecular weight is 264 g/mol. The van der Waals surface area contributed by atoms with Gasteiger partial charge in [0, 0.05) is 19.7 Å².